The number of carbonyl (C=O) groups is 2. The molecule has 0 aliphatic heterocycles. The summed E-state index contributed by atoms with van der Waals surface area (Å²) in [5, 5.41) is 69.0. The van der Waals surface area contributed by atoms with E-state index in [1.807, 2.05) is 0 Å². The van der Waals surface area contributed by atoms with Crippen LogP contribution in [0.2, 0.25) is 0 Å². The number of hydrogen-bond acceptors (Lipinski definition) is 10. The van der Waals surface area contributed by atoms with Crippen molar-refractivity contribution in [3.63, 3.8) is 0 Å². The maximum absolute atomic E-state index is 16.3. The lowest BCUT2D eigenvalue weighted by Gasteiger charge is -2.30. The van der Waals surface area contributed by atoms with Gasteiger partial charge in [0.15, 0.2) is 11.6 Å². The normalized spacial score (nSPS) is 14.6. The highest BCUT2D eigenvalue weighted by molar-refractivity contribution is 6.33. The molecule has 12 heteroatoms. The molecule has 8 N–H and O–H groups in total. The molecule has 0 saturated carbocycles. The van der Waals surface area contributed by atoms with Crippen molar-refractivity contribution in [2.45, 2.75) is 192 Å². The smallest absolute Gasteiger partial charge is 0.200 e. The van der Waals surface area contributed by atoms with Crippen LogP contribution in [0.5, 0.6) is 11.5 Å². The van der Waals surface area contributed by atoms with Gasteiger partial charge >= 0.3 is 0 Å². The molecule has 0 fully saturated rings. The number of fused-ring (bicyclic) bond motifs is 2. The number of phenols is 2. The fraction of sp³-hybridized carbons (Fsp3) is 0.640. The van der Waals surface area contributed by atoms with Crippen LogP contribution in [0, 0.1) is 11.6 Å². The number of nitrogens with one attached hydrogen (secondary N) is 2. The molecule has 1 aliphatic carbocycles. The van der Waals surface area contributed by atoms with Gasteiger partial charge in [-0.3, -0.25) is 9.59 Å². The first kappa shape index (κ1) is 52.5. The van der Waals surface area contributed by atoms with Gasteiger partial charge in [-0.05, 0) is 37.8 Å². The van der Waals surface area contributed by atoms with E-state index in [1.165, 1.54) is 102 Å². The molecule has 0 radical (unpaired) electrons. The van der Waals surface area contributed by atoms with Crippen LogP contribution >= 0.6 is 0 Å². The SMILES string of the molecule is CCCCCCCCCCCCC/C=C\C(O)C(CO)Nc1c(F)c(F)c(NC(CO)C(O)/C=C/CCCCCCCCCCCCC)c2c1C(=O)c1c(O)ccc(O)c1C2=O. The molecule has 4 unspecified atom stereocenters. The van der Waals surface area contributed by atoms with E-state index in [-0.39, 0.29) is 0 Å². The number of ketones is 2. The first-order valence-electron chi connectivity index (χ1n) is 23.7. The van der Waals surface area contributed by atoms with Gasteiger partial charge in [-0.1, -0.05) is 167 Å². The van der Waals surface area contributed by atoms with Gasteiger partial charge in [-0.25, -0.2) is 8.78 Å². The zero-order chi connectivity index (χ0) is 45.3. The first-order chi connectivity index (χ1) is 30.0. The standard InChI is InChI=1S/C50H76F2N2O8/c1-3-5-7-9-11-13-15-17-19-21-23-25-27-29-37(57)35(33-55)53-47-43-44(50(62)42-40(60)32-31-39(59)41(42)49(43)61)48(46(52)45(47)51)54-36(34-56)38(58)30-28-26-24-22-20-18-16-14-12-10-8-6-4-2/h27-32,35-38,53-60H,3-26,33-34H2,1-2H3/b29-27-,30-28+. The van der Waals surface area contributed by atoms with Crippen molar-refractivity contribution in [3.8, 4) is 11.5 Å². The number of halogens is 2. The predicted octanol–water partition coefficient (Wildman–Crippen LogP) is 10.9. The van der Waals surface area contributed by atoms with Crippen LogP contribution < -0.4 is 10.6 Å². The van der Waals surface area contributed by atoms with E-state index in [1.54, 1.807) is 12.2 Å². The summed E-state index contributed by atoms with van der Waals surface area (Å²) in [7, 11) is 0. The number of rotatable bonds is 34. The molecule has 0 heterocycles. The third-order valence-corrected chi connectivity index (χ3v) is 11.9. The number of aliphatic hydroxyl groups is 4. The minimum atomic E-state index is -1.65. The van der Waals surface area contributed by atoms with Crippen molar-refractivity contribution >= 4 is 22.9 Å². The second kappa shape index (κ2) is 29.5. The minimum Gasteiger partial charge on any atom is -0.507 e. The number of hydrogen-bond donors (Lipinski definition) is 8. The Balaban J connectivity index is 1.73. The lowest BCUT2D eigenvalue weighted by molar-refractivity contribution is 0.0973. The van der Waals surface area contributed by atoms with Gasteiger partial charge in [-0.2, -0.15) is 0 Å². The minimum absolute atomic E-state index is 0.639. The van der Waals surface area contributed by atoms with Gasteiger partial charge in [0.1, 0.15) is 11.5 Å². The fourth-order valence-corrected chi connectivity index (χ4v) is 8.15. The molecule has 0 amide bonds. The molecule has 1 aliphatic rings. The molecule has 2 aromatic rings. The molecule has 348 valence electrons. The maximum atomic E-state index is 16.3. The lowest BCUT2D eigenvalue weighted by Crippen LogP contribution is -2.39. The average molecular weight is 871 g/mol. The second-order valence-corrected chi connectivity index (χ2v) is 17.0. The summed E-state index contributed by atoms with van der Waals surface area (Å²) in [6, 6.07) is -0.754. The highest BCUT2D eigenvalue weighted by Gasteiger charge is 2.42. The van der Waals surface area contributed by atoms with Crippen LogP contribution in [-0.4, -0.2) is 79.7 Å². The van der Waals surface area contributed by atoms with E-state index in [4.69, 9.17) is 0 Å². The molecule has 10 nitrogen and oxygen atoms in total. The Labute approximate surface area is 368 Å². The number of phenolic OH excluding ortho intramolecular Hbond substituents is 2. The van der Waals surface area contributed by atoms with Gasteiger partial charge in [0.25, 0.3) is 0 Å². The molecule has 62 heavy (non-hydrogen) atoms. The van der Waals surface area contributed by atoms with E-state index >= 15 is 8.78 Å². The summed E-state index contributed by atoms with van der Waals surface area (Å²) in [6.45, 7) is 2.86. The van der Waals surface area contributed by atoms with Crippen molar-refractivity contribution in [2.24, 2.45) is 0 Å². The molecule has 0 aromatic heterocycles. The Morgan fingerprint density at radius 2 is 0.790 bits per heavy atom. The predicted molar refractivity (Wildman–Crippen MR) is 244 cm³/mol. The molecule has 0 spiro atoms. The van der Waals surface area contributed by atoms with Gasteiger partial charge in [0.05, 0.1) is 71.1 Å². The van der Waals surface area contributed by atoms with E-state index < -0.39 is 106 Å². The number of aliphatic hydroxyl groups excluding tert-OH is 4. The first-order valence-corrected chi connectivity index (χ1v) is 23.7. The van der Waals surface area contributed by atoms with Crippen LogP contribution in [0.15, 0.2) is 36.4 Å². The summed E-state index contributed by atoms with van der Waals surface area (Å²) in [6.07, 6.45) is 30.8. The Hall–Kier alpha value is -3.84. The van der Waals surface area contributed by atoms with E-state index in [9.17, 15) is 40.2 Å². The van der Waals surface area contributed by atoms with Crippen LogP contribution in [-0.2, 0) is 0 Å². The average Bonchev–Trinajstić information content (AvgIpc) is 3.26. The second-order valence-electron chi connectivity index (χ2n) is 17.0. The number of aromatic hydroxyl groups is 2. The van der Waals surface area contributed by atoms with Crippen molar-refractivity contribution in [1.82, 2.24) is 0 Å². The third kappa shape index (κ3) is 16.1. The summed E-state index contributed by atoms with van der Waals surface area (Å²) < 4.78 is 32.6. The Morgan fingerprint density at radius 1 is 0.500 bits per heavy atom. The van der Waals surface area contributed by atoms with Crippen molar-refractivity contribution in [1.29, 1.82) is 0 Å². The topological polar surface area (TPSA) is 180 Å². The summed E-state index contributed by atoms with van der Waals surface area (Å²) >= 11 is 0. The maximum Gasteiger partial charge on any atom is 0.200 e. The van der Waals surface area contributed by atoms with Crippen LogP contribution in [0.3, 0.4) is 0 Å². The summed E-state index contributed by atoms with van der Waals surface area (Å²) in [5.74, 6) is -6.96. The van der Waals surface area contributed by atoms with Gasteiger partial charge in [0.2, 0.25) is 11.6 Å². The van der Waals surface area contributed by atoms with Crippen LogP contribution in [0.4, 0.5) is 20.2 Å². The van der Waals surface area contributed by atoms with Gasteiger partial charge < -0.3 is 41.3 Å². The monoisotopic (exact) mass is 871 g/mol. The summed E-state index contributed by atoms with van der Waals surface area (Å²) in [4.78, 5) is 28.2. The molecular weight excluding hydrogens is 795 g/mol. The van der Waals surface area contributed by atoms with E-state index in [0.29, 0.717) is 12.8 Å². The number of anilines is 2. The van der Waals surface area contributed by atoms with Crippen LogP contribution in [0.1, 0.15) is 200 Å². The van der Waals surface area contributed by atoms with Crippen molar-refractivity contribution in [2.75, 3.05) is 23.8 Å². The van der Waals surface area contributed by atoms with Crippen molar-refractivity contribution in [3.05, 3.63) is 70.3 Å². The Morgan fingerprint density at radius 3 is 1.08 bits per heavy atom. The van der Waals surface area contributed by atoms with E-state index in [2.05, 4.69) is 24.5 Å². The van der Waals surface area contributed by atoms with Crippen molar-refractivity contribution < 1.29 is 49.0 Å². The van der Waals surface area contributed by atoms with Gasteiger partial charge in [0, 0.05) is 0 Å². The number of benzene rings is 2. The van der Waals surface area contributed by atoms with Gasteiger partial charge in [-0.15, -0.1) is 0 Å². The largest absolute Gasteiger partial charge is 0.507 e. The van der Waals surface area contributed by atoms with Crippen LogP contribution in [0.25, 0.3) is 0 Å². The molecule has 0 saturated heterocycles. The molecule has 4 atom stereocenters. The zero-order valence-electron chi connectivity index (χ0n) is 37.4. The number of carbonyl (C=O) groups excluding carboxylic acids is 2. The Kier molecular flexibility index (Phi) is 25.0. The molecule has 3 rings (SSSR count). The lowest BCUT2D eigenvalue weighted by atomic mass is 9.80. The highest BCUT2D eigenvalue weighted by Crippen LogP contribution is 2.45. The third-order valence-electron chi connectivity index (χ3n) is 11.9. The molecule has 2 aromatic carbocycles. The summed E-state index contributed by atoms with van der Waals surface area (Å²) in [5.41, 5.74) is -4.42. The quantitative estimate of drug-likeness (QED) is 0.0164. The number of allylic oxidation sites excluding steroid dienone is 2. The molecule has 0 bridgehead atoms. The highest BCUT2D eigenvalue weighted by atomic mass is 19.2. The molecular formula is C50H76F2N2O8. The fourth-order valence-electron chi connectivity index (χ4n) is 8.15. The Bertz CT molecular complexity index is 1590. The number of unbranched alkanes of at least 4 members (excludes halogenated alkanes) is 22. The zero-order valence-corrected chi connectivity index (χ0v) is 37.4. The van der Waals surface area contributed by atoms with E-state index in [0.717, 1.165) is 63.5 Å².